The predicted molar refractivity (Wildman–Crippen MR) is 83.3 cm³/mol. The average molecular weight is 293 g/mol. The van der Waals surface area contributed by atoms with Crippen molar-refractivity contribution < 1.29 is 14.3 Å². The van der Waals surface area contributed by atoms with Gasteiger partial charge in [-0.3, -0.25) is 9.59 Å². The Labute approximate surface area is 125 Å². The van der Waals surface area contributed by atoms with Crippen LogP contribution in [0, 0.1) is 0 Å². The van der Waals surface area contributed by atoms with E-state index in [0.29, 0.717) is 17.8 Å². The minimum Gasteiger partial charge on any atom is -0.375 e. The highest BCUT2D eigenvalue weighted by atomic mass is 16.5. The van der Waals surface area contributed by atoms with E-state index in [1.165, 1.54) is 7.11 Å². The number of hydrogen-bond acceptors (Lipinski definition) is 4. The summed E-state index contributed by atoms with van der Waals surface area (Å²) in [5, 5.41) is 8.69. The van der Waals surface area contributed by atoms with Gasteiger partial charge >= 0.3 is 0 Å². The summed E-state index contributed by atoms with van der Waals surface area (Å²) < 4.78 is 4.75. The highest BCUT2D eigenvalue weighted by Gasteiger charge is 2.09. The van der Waals surface area contributed by atoms with Crippen LogP contribution < -0.4 is 16.0 Å². The zero-order valence-corrected chi connectivity index (χ0v) is 12.7. The smallest absolute Gasteiger partial charge is 0.250 e. The van der Waals surface area contributed by atoms with Crippen molar-refractivity contribution in [3.8, 4) is 0 Å². The SMILES string of the molecule is CCNC(C)CC(=O)Nc1cccc(NC(=O)COC)c1. The van der Waals surface area contributed by atoms with E-state index in [1.807, 2.05) is 13.8 Å². The molecule has 0 saturated carbocycles. The van der Waals surface area contributed by atoms with Crippen molar-refractivity contribution in [2.24, 2.45) is 0 Å². The van der Waals surface area contributed by atoms with Gasteiger partial charge in [0.1, 0.15) is 6.61 Å². The molecule has 1 atom stereocenters. The molecular formula is C15H23N3O3. The van der Waals surface area contributed by atoms with Crippen LogP contribution in [-0.2, 0) is 14.3 Å². The van der Waals surface area contributed by atoms with Crippen molar-refractivity contribution >= 4 is 23.2 Å². The normalized spacial score (nSPS) is 11.8. The van der Waals surface area contributed by atoms with Crippen LogP contribution in [0.4, 0.5) is 11.4 Å². The number of ether oxygens (including phenoxy) is 1. The van der Waals surface area contributed by atoms with Crippen LogP contribution in [-0.4, -0.2) is 38.1 Å². The van der Waals surface area contributed by atoms with E-state index in [0.717, 1.165) is 6.54 Å². The van der Waals surface area contributed by atoms with Crippen molar-refractivity contribution in [2.45, 2.75) is 26.3 Å². The molecule has 0 heterocycles. The summed E-state index contributed by atoms with van der Waals surface area (Å²) >= 11 is 0. The largest absolute Gasteiger partial charge is 0.375 e. The Morgan fingerprint density at radius 2 is 1.81 bits per heavy atom. The molecule has 0 aliphatic heterocycles. The Morgan fingerprint density at radius 3 is 2.38 bits per heavy atom. The van der Waals surface area contributed by atoms with Crippen molar-refractivity contribution in [1.29, 1.82) is 0 Å². The second-order valence-electron chi connectivity index (χ2n) is 4.77. The fourth-order valence-corrected chi connectivity index (χ4v) is 1.91. The van der Waals surface area contributed by atoms with E-state index < -0.39 is 0 Å². The molecule has 1 rings (SSSR count). The monoisotopic (exact) mass is 293 g/mol. The maximum absolute atomic E-state index is 11.9. The van der Waals surface area contributed by atoms with E-state index >= 15 is 0 Å². The Morgan fingerprint density at radius 1 is 1.19 bits per heavy atom. The summed E-state index contributed by atoms with van der Waals surface area (Å²) in [6.45, 7) is 4.79. The molecule has 21 heavy (non-hydrogen) atoms. The van der Waals surface area contributed by atoms with Gasteiger partial charge in [-0.15, -0.1) is 0 Å². The van der Waals surface area contributed by atoms with Crippen LogP contribution in [0.1, 0.15) is 20.3 Å². The fourth-order valence-electron chi connectivity index (χ4n) is 1.91. The third-order valence-corrected chi connectivity index (χ3v) is 2.75. The Balaban J connectivity index is 2.55. The van der Waals surface area contributed by atoms with Crippen LogP contribution in [0.25, 0.3) is 0 Å². The molecule has 0 aliphatic rings. The average Bonchev–Trinajstić information content (AvgIpc) is 2.39. The molecule has 1 aromatic carbocycles. The molecule has 0 saturated heterocycles. The van der Waals surface area contributed by atoms with Crippen molar-refractivity contribution in [1.82, 2.24) is 5.32 Å². The van der Waals surface area contributed by atoms with Crippen LogP contribution in [0.3, 0.4) is 0 Å². The lowest BCUT2D eigenvalue weighted by Crippen LogP contribution is -2.30. The van der Waals surface area contributed by atoms with Gasteiger partial charge in [-0.1, -0.05) is 13.0 Å². The number of benzene rings is 1. The summed E-state index contributed by atoms with van der Waals surface area (Å²) in [5.74, 6) is -0.300. The molecular weight excluding hydrogens is 270 g/mol. The molecule has 0 bridgehead atoms. The number of amides is 2. The molecule has 6 heteroatoms. The number of rotatable bonds is 8. The second kappa shape index (κ2) is 9.10. The Hall–Kier alpha value is -1.92. The Bertz CT molecular complexity index is 477. The van der Waals surface area contributed by atoms with Gasteiger partial charge in [-0.2, -0.15) is 0 Å². The third kappa shape index (κ3) is 6.87. The predicted octanol–water partition coefficient (Wildman–Crippen LogP) is 1.60. The number of carbonyl (C=O) groups excluding carboxylic acids is 2. The van der Waals surface area contributed by atoms with Gasteiger partial charge in [0.2, 0.25) is 11.8 Å². The lowest BCUT2D eigenvalue weighted by molar-refractivity contribution is -0.119. The molecule has 6 nitrogen and oxygen atoms in total. The number of carbonyl (C=O) groups is 2. The topological polar surface area (TPSA) is 79.5 Å². The second-order valence-corrected chi connectivity index (χ2v) is 4.77. The maximum atomic E-state index is 11.9. The van der Waals surface area contributed by atoms with Crippen molar-refractivity contribution in [3.05, 3.63) is 24.3 Å². The third-order valence-electron chi connectivity index (χ3n) is 2.75. The van der Waals surface area contributed by atoms with E-state index in [2.05, 4.69) is 16.0 Å². The number of nitrogens with one attached hydrogen (secondary N) is 3. The highest BCUT2D eigenvalue weighted by Crippen LogP contribution is 2.15. The molecule has 3 N–H and O–H groups in total. The van der Waals surface area contributed by atoms with Crippen LogP contribution >= 0.6 is 0 Å². The summed E-state index contributed by atoms with van der Waals surface area (Å²) in [7, 11) is 1.46. The van der Waals surface area contributed by atoms with E-state index in [1.54, 1.807) is 24.3 Å². The van der Waals surface area contributed by atoms with E-state index in [4.69, 9.17) is 4.74 Å². The van der Waals surface area contributed by atoms with Gasteiger partial charge in [0.15, 0.2) is 0 Å². The molecule has 0 fully saturated rings. The zero-order chi connectivity index (χ0) is 15.7. The lowest BCUT2D eigenvalue weighted by Gasteiger charge is -2.13. The molecule has 116 valence electrons. The van der Waals surface area contributed by atoms with Crippen LogP contribution in [0.5, 0.6) is 0 Å². The minimum atomic E-state index is -0.234. The summed E-state index contributed by atoms with van der Waals surface area (Å²) in [6, 6.07) is 7.14. The standard InChI is InChI=1S/C15H23N3O3/c1-4-16-11(2)8-14(19)17-12-6-5-7-13(9-12)18-15(20)10-21-3/h5-7,9,11,16H,4,8,10H2,1-3H3,(H,17,19)(H,18,20). The first-order chi connectivity index (χ1) is 10.0. The number of anilines is 2. The lowest BCUT2D eigenvalue weighted by atomic mass is 10.2. The Kier molecular flexibility index (Phi) is 7.42. The molecule has 0 aliphatic carbocycles. The fraction of sp³-hybridized carbons (Fsp3) is 0.467. The summed E-state index contributed by atoms with van der Waals surface area (Å²) in [5.41, 5.74) is 1.27. The number of hydrogen-bond donors (Lipinski definition) is 3. The van der Waals surface area contributed by atoms with Gasteiger partial charge in [-0.25, -0.2) is 0 Å². The molecule has 0 spiro atoms. The quantitative estimate of drug-likeness (QED) is 0.680. The van der Waals surface area contributed by atoms with Crippen LogP contribution in [0.2, 0.25) is 0 Å². The summed E-state index contributed by atoms with van der Waals surface area (Å²) in [4.78, 5) is 23.3. The van der Waals surface area contributed by atoms with Gasteiger partial charge in [0.25, 0.3) is 0 Å². The zero-order valence-electron chi connectivity index (χ0n) is 12.7. The van der Waals surface area contributed by atoms with E-state index in [9.17, 15) is 9.59 Å². The van der Waals surface area contributed by atoms with Crippen LogP contribution in [0.15, 0.2) is 24.3 Å². The minimum absolute atomic E-state index is 0.00319. The molecule has 1 unspecified atom stereocenters. The highest BCUT2D eigenvalue weighted by molar-refractivity contribution is 5.94. The van der Waals surface area contributed by atoms with Gasteiger partial charge < -0.3 is 20.7 Å². The van der Waals surface area contributed by atoms with Gasteiger partial charge in [0.05, 0.1) is 0 Å². The van der Waals surface area contributed by atoms with Gasteiger partial charge in [-0.05, 0) is 31.7 Å². The molecule has 0 radical (unpaired) electrons. The molecule has 1 aromatic rings. The van der Waals surface area contributed by atoms with Crippen molar-refractivity contribution in [2.75, 3.05) is 30.9 Å². The molecule has 0 aromatic heterocycles. The van der Waals surface area contributed by atoms with Crippen molar-refractivity contribution in [3.63, 3.8) is 0 Å². The first kappa shape index (κ1) is 17.1. The summed E-state index contributed by atoms with van der Waals surface area (Å²) in [6.07, 6.45) is 0.397. The van der Waals surface area contributed by atoms with Gasteiger partial charge in [0, 0.05) is 30.9 Å². The number of methoxy groups -OCH3 is 1. The molecule has 2 amide bonds. The first-order valence-corrected chi connectivity index (χ1v) is 6.97. The first-order valence-electron chi connectivity index (χ1n) is 6.97. The van der Waals surface area contributed by atoms with E-state index in [-0.39, 0.29) is 24.5 Å². The maximum Gasteiger partial charge on any atom is 0.250 e.